The van der Waals surface area contributed by atoms with Crippen molar-refractivity contribution >= 4 is 11.8 Å². The highest BCUT2D eigenvalue weighted by molar-refractivity contribution is 5.92. The Kier molecular flexibility index (Phi) is 5.22. The standard InChI is InChI=1S/C22H36N4O4/c1-14-3-4-15-18(26-11-7-24-8-12-26)20(28)30-19(15)21(2)17(27)13-16(22(14,21)29)25-9-5-23-6-10-25/h14-16,18-19,23-24,29H,3-13H2,1-2H3/t14-,15-,16?,18?,19+,21-,22-/m0/s1. The Morgan fingerprint density at radius 1 is 1.00 bits per heavy atom. The number of hydrogen-bond acceptors (Lipinski definition) is 8. The molecule has 3 saturated heterocycles. The van der Waals surface area contributed by atoms with E-state index >= 15 is 0 Å². The average Bonchev–Trinajstić information content (AvgIpc) is 3.18. The summed E-state index contributed by atoms with van der Waals surface area (Å²) < 4.78 is 6.03. The predicted octanol–water partition coefficient (Wildman–Crippen LogP) is -0.784. The average molecular weight is 421 g/mol. The van der Waals surface area contributed by atoms with Gasteiger partial charge in [-0.2, -0.15) is 0 Å². The minimum absolute atomic E-state index is 0.0261. The molecule has 0 amide bonds. The molecule has 0 bridgehead atoms. The van der Waals surface area contributed by atoms with Crippen LogP contribution in [0.1, 0.15) is 33.1 Å². The van der Waals surface area contributed by atoms with Gasteiger partial charge in [-0.3, -0.25) is 19.4 Å². The second-order valence-corrected chi connectivity index (χ2v) is 10.2. The molecule has 7 atom stereocenters. The summed E-state index contributed by atoms with van der Waals surface area (Å²) in [6, 6.07) is -0.502. The molecule has 0 spiro atoms. The van der Waals surface area contributed by atoms with Crippen LogP contribution in [0, 0.1) is 17.3 Å². The summed E-state index contributed by atoms with van der Waals surface area (Å²) in [5.74, 6) is -0.209. The molecule has 30 heavy (non-hydrogen) atoms. The molecule has 168 valence electrons. The van der Waals surface area contributed by atoms with Crippen LogP contribution in [-0.4, -0.2) is 103 Å². The Bertz CT molecular complexity index is 707. The lowest BCUT2D eigenvalue weighted by Crippen LogP contribution is -2.65. The number of ketones is 1. The summed E-state index contributed by atoms with van der Waals surface area (Å²) >= 11 is 0. The number of nitrogens with one attached hydrogen (secondary N) is 2. The van der Waals surface area contributed by atoms with Crippen LogP contribution < -0.4 is 10.6 Å². The molecular weight excluding hydrogens is 384 g/mol. The maximum Gasteiger partial charge on any atom is 0.324 e. The maximum atomic E-state index is 13.6. The third-order valence-corrected chi connectivity index (χ3v) is 8.97. The number of nitrogens with zero attached hydrogens (tertiary/aromatic N) is 2. The van der Waals surface area contributed by atoms with E-state index in [2.05, 4.69) is 27.4 Å². The van der Waals surface area contributed by atoms with E-state index in [1.807, 2.05) is 6.92 Å². The van der Waals surface area contributed by atoms with Crippen molar-refractivity contribution in [3.63, 3.8) is 0 Å². The fraction of sp³-hybridized carbons (Fsp3) is 0.909. The lowest BCUT2D eigenvalue weighted by molar-refractivity contribution is -0.182. The molecule has 5 fully saturated rings. The van der Waals surface area contributed by atoms with Crippen molar-refractivity contribution in [2.45, 2.75) is 56.9 Å². The van der Waals surface area contributed by atoms with Crippen LogP contribution in [0.2, 0.25) is 0 Å². The van der Waals surface area contributed by atoms with Crippen LogP contribution in [0.25, 0.3) is 0 Å². The summed E-state index contributed by atoms with van der Waals surface area (Å²) in [7, 11) is 0. The number of aliphatic hydroxyl groups is 1. The summed E-state index contributed by atoms with van der Waals surface area (Å²) in [5, 5.41) is 19.0. The summed E-state index contributed by atoms with van der Waals surface area (Å²) in [4.78, 5) is 31.2. The molecular formula is C22H36N4O4. The number of carbonyl (C=O) groups is 2. The van der Waals surface area contributed by atoms with Crippen molar-refractivity contribution in [1.29, 1.82) is 0 Å². The second-order valence-electron chi connectivity index (χ2n) is 10.2. The van der Waals surface area contributed by atoms with E-state index < -0.39 is 17.1 Å². The van der Waals surface area contributed by atoms with Crippen LogP contribution in [0.3, 0.4) is 0 Å². The van der Waals surface area contributed by atoms with Gasteiger partial charge in [0.25, 0.3) is 0 Å². The molecule has 3 heterocycles. The molecule has 8 heteroatoms. The zero-order chi connectivity index (χ0) is 21.1. The van der Waals surface area contributed by atoms with Gasteiger partial charge in [-0.25, -0.2) is 0 Å². The van der Waals surface area contributed by atoms with Gasteiger partial charge in [-0.1, -0.05) is 6.92 Å². The lowest BCUT2D eigenvalue weighted by Gasteiger charge is -2.50. The van der Waals surface area contributed by atoms with Crippen LogP contribution in [0.5, 0.6) is 0 Å². The molecule has 5 aliphatic rings. The molecule has 2 saturated carbocycles. The van der Waals surface area contributed by atoms with E-state index in [9.17, 15) is 14.7 Å². The summed E-state index contributed by atoms with van der Waals surface area (Å²) in [6.07, 6.45) is 1.42. The van der Waals surface area contributed by atoms with E-state index in [0.717, 1.165) is 65.2 Å². The highest BCUT2D eigenvalue weighted by Gasteiger charge is 2.73. The molecule has 2 unspecified atom stereocenters. The summed E-state index contributed by atoms with van der Waals surface area (Å²) in [6.45, 7) is 10.8. The van der Waals surface area contributed by atoms with E-state index in [4.69, 9.17) is 4.74 Å². The fourth-order valence-corrected chi connectivity index (χ4v) is 7.26. The first kappa shape index (κ1) is 20.8. The van der Waals surface area contributed by atoms with Gasteiger partial charge in [0.15, 0.2) is 0 Å². The first-order chi connectivity index (χ1) is 14.4. The Balaban J connectivity index is 1.52. The number of rotatable bonds is 2. The van der Waals surface area contributed by atoms with Gasteiger partial charge in [-0.15, -0.1) is 0 Å². The quantitative estimate of drug-likeness (QED) is 0.501. The van der Waals surface area contributed by atoms with Gasteiger partial charge >= 0.3 is 5.97 Å². The molecule has 8 nitrogen and oxygen atoms in total. The molecule has 0 radical (unpaired) electrons. The SMILES string of the molecule is C[C@H]1CC[C@H]2C(N3CCNCC3)C(=O)O[C@H]2[C@]2(C)C(=O)CC(N3CCNCC3)[C@@]12O. The smallest absolute Gasteiger partial charge is 0.324 e. The van der Waals surface area contributed by atoms with Crippen LogP contribution >= 0.6 is 0 Å². The number of carbonyl (C=O) groups excluding carboxylic acids is 2. The zero-order valence-electron chi connectivity index (χ0n) is 18.2. The first-order valence-electron chi connectivity index (χ1n) is 11.7. The van der Waals surface area contributed by atoms with Gasteiger partial charge in [0.2, 0.25) is 0 Å². The molecule has 3 aliphatic heterocycles. The minimum Gasteiger partial charge on any atom is -0.460 e. The number of ether oxygens (including phenoxy) is 1. The van der Waals surface area contributed by atoms with Crippen molar-refractivity contribution in [3.05, 3.63) is 0 Å². The monoisotopic (exact) mass is 420 g/mol. The second kappa shape index (κ2) is 7.52. The van der Waals surface area contributed by atoms with Crippen molar-refractivity contribution in [2.24, 2.45) is 17.3 Å². The van der Waals surface area contributed by atoms with Crippen molar-refractivity contribution in [1.82, 2.24) is 20.4 Å². The molecule has 0 aromatic carbocycles. The first-order valence-corrected chi connectivity index (χ1v) is 11.7. The largest absolute Gasteiger partial charge is 0.460 e. The zero-order valence-corrected chi connectivity index (χ0v) is 18.2. The highest BCUT2D eigenvalue weighted by Crippen LogP contribution is 2.59. The summed E-state index contributed by atoms with van der Waals surface area (Å²) in [5.41, 5.74) is -2.24. The maximum absolute atomic E-state index is 13.6. The third-order valence-electron chi connectivity index (χ3n) is 8.97. The van der Waals surface area contributed by atoms with Gasteiger partial charge in [0, 0.05) is 70.7 Å². The number of piperazine rings is 2. The predicted molar refractivity (Wildman–Crippen MR) is 111 cm³/mol. The van der Waals surface area contributed by atoms with Gasteiger partial charge < -0.3 is 20.5 Å². The molecule has 5 rings (SSSR count). The Labute approximate surface area is 178 Å². The van der Waals surface area contributed by atoms with Gasteiger partial charge in [0.05, 0.1) is 11.0 Å². The van der Waals surface area contributed by atoms with Gasteiger partial charge in [-0.05, 0) is 25.7 Å². The highest BCUT2D eigenvalue weighted by atomic mass is 16.6. The molecule has 0 aromatic heterocycles. The molecule has 2 aliphatic carbocycles. The fourth-order valence-electron chi connectivity index (χ4n) is 7.26. The van der Waals surface area contributed by atoms with Crippen molar-refractivity contribution < 1.29 is 19.4 Å². The van der Waals surface area contributed by atoms with E-state index in [0.29, 0.717) is 6.42 Å². The van der Waals surface area contributed by atoms with E-state index in [1.54, 1.807) is 0 Å². The van der Waals surface area contributed by atoms with E-state index in [-0.39, 0.29) is 35.7 Å². The van der Waals surface area contributed by atoms with Crippen LogP contribution in [0.15, 0.2) is 0 Å². The Morgan fingerprint density at radius 2 is 1.60 bits per heavy atom. The molecule has 0 aromatic rings. The third kappa shape index (κ3) is 2.77. The Hall–Kier alpha value is -1.06. The van der Waals surface area contributed by atoms with Crippen LogP contribution in [0.4, 0.5) is 0 Å². The topological polar surface area (TPSA) is 94.1 Å². The van der Waals surface area contributed by atoms with E-state index in [1.165, 1.54) is 0 Å². The number of esters is 1. The van der Waals surface area contributed by atoms with Crippen molar-refractivity contribution in [2.75, 3.05) is 52.4 Å². The lowest BCUT2D eigenvalue weighted by atomic mass is 9.64. The normalized spacial score (nSPS) is 48.2. The number of Topliss-reactive ketones (excluding diaryl/α,β-unsaturated/α-hetero) is 1. The number of hydrogen-bond donors (Lipinski definition) is 3. The van der Waals surface area contributed by atoms with Crippen LogP contribution in [-0.2, 0) is 14.3 Å². The van der Waals surface area contributed by atoms with Crippen molar-refractivity contribution in [3.8, 4) is 0 Å². The van der Waals surface area contributed by atoms with Gasteiger partial charge in [0.1, 0.15) is 17.9 Å². The Morgan fingerprint density at radius 3 is 2.23 bits per heavy atom. The molecule has 3 N–H and O–H groups in total. The number of fused-ring (bicyclic) bond motifs is 3. The minimum atomic E-state index is -1.18.